The first-order valence-corrected chi connectivity index (χ1v) is 8.90. The van der Waals surface area contributed by atoms with Gasteiger partial charge in [0.05, 0.1) is 0 Å². The molecule has 0 aromatic heterocycles. The van der Waals surface area contributed by atoms with Gasteiger partial charge in [-0.15, -0.1) is 11.8 Å². The van der Waals surface area contributed by atoms with Crippen molar-refractivity contribution in [2.75, 3.05) is 0 Å². The number of hydrogen-bond donors (Lipinski definition) is 0. The van der Waals surface area contributed by atoms with Crippen LogP contribution in [0.5, 0.6) is 0 Å². The summed E-state index contributed by atoms with van der Waals surface area (Å²) in [6.07, 6.45) is 11.8. The fourth-order valence-corrected chi connectivity index (χ4v) is 3.31. The average Bonchev–Trinajstić information content (AvgIpc) is 2.62. The predicted octanol–water partition coefficient (Wildman–Crippen LogP) is 6.99. The molecular weight excluding hydrogens is 296 g/mol. The lowest BCUT2D eigenvalue weighted by atomic mass is 10.1. The Morgan fingerprint density at radius 1 is 0.957 bits per heavy atom. The second-order valence-electron chi connectivity index (χ2n) is 5.39. The normalized spacial score (nSPS) is 13.7. The molecule has 0 aliphatic carbocycles. The van der Waals surface area contributed by atoms with Gasteiger partial charge in [-0.3, -0.25) is 0 Å². The van der Waals surface area contributed by atoms with Crippen LogP contribution in [0.3, 0.4) is 0 Å². The van der Waals surface area contributed by atoms with Gasteiger partial charge < -0.3 is 0 Å². The van der Waals surface area contributed by atoms with Crippen LogP contribution >= 0.6 is 11.8 Å². The van der Waals surface area contributed by atoms with E-state index < -0.39 is 0 Å². The molecule has 2 rings (SSSR count). The number of hydrogen-bond acceptors (Lipinski definition) is 1. The molecule has 0 saturated carbocycles. The van der Waals surface area contributed by atoms with Crippen molar-refractivity contribution in [3.05, 3.63) is 102 Å². The van der Waals surface area contributed by atoms with Crippen LogP contribution in [0.2, 0.25) is 0 Å². The third-order valence-electron chi connectivity index (χ3n) is 3.60. The van der Waals surface area contributed by atoms with E-state index in [1.165, 1.54) is 16.0 Å². The smallest absolute Gasteiger partial charge is 0.0379 e. The van der Waals surface area contributed by atoms with Gasteiger partial charge >= 0.3 is 0 Å². The van der Waals surface area contributed by atoms with E-state index in [0.717, 1.165) is 6.42 Å². The minimum Gasteiger partial charge on any atom is -0.118 e. The zero-order valence-electron chi connectivity index (χ0n) is 13.9. The van der Waals surface area contributed by atoms with E-state index >= 15 is 0 Å². The zero-order chi connectivity index (χ0) is 16.3. The first kappa shape index (κ1) is 17.4. The molecule has 0 fully saturated rings. The van der Waals surface area contributed by atoms with Crippen molar-refractivity contribution in [2.24, 2.45) is 0 Å². The molecule has 118 valence electrons. The van der Waals surface area contributed by atoms with E-state index in [4.69, 9.17) is 0 Å². The Kier molecular flexibility index (Phi) is 7.48. The topological polar surface area (TPSA) is 0 Å². The van der Waals surface area contributed by atoms with Crippen LogP contribution in [0.4, 0.5) is 0 Å². The van der Waals surface area contributed by atoms with Crippen molar-refractivity contribution >= 4 is 11.8 Å². The molecule has 0 aliphatic rings. The Hall–Kier alpha value is -1.99. The Morgan fingerprint density at radius 3 is 2.26 bits per heavy atom. The van der Waals surface area contributed by atoms with Crippen molar-refractivity contribution in [3.8, 4) is 0 Å². The van der Waals surface area contributed by atoms with Crippen LogP contribution in [0.15, 0.2) is 102 Å². The average molecular weight is 321 g/mol. The molecule has 0 N–H and O–H groups in total. The first-order chi connectivity index (χ1) is 11.3. The number of allylic oxidation sites excluding steroid dienone is 6. The highest BCUT2D eigenvalue weighted by Gasteiger charge is 2.11. The van der Waals surface area contributed by atoms with Crippen molar-refractivity contribution < 1.29 is 0 Å². The Balaban J connectivity index is 2.05. The van der Waals surface area contributed by atoms with E-state index in [9.17, 15) is 0 Å². The summed E-state index contributed by atoms with van der Waals surface area (Å²) in [7, 11) is 0. The largest absolute Gasteiger partial charge is 0.118 e. The van der Waals surface area contributed by atoms with E-state index in [2.05, 4.69) is 105 Å². The molecule has 1 heteroatoms. The molecule has 1 unspecified atom stereocenters. The van der Waals surface area contributed by atoms with Crippen molar-refractivity contribution in [1.29, 1.82) is 0 Å². The van der Waals surface area contributed by atoms with E-state index in [-0.39, 0.29) is 0 Å². The summed E-state index contributed by atoms with van der Waals surface area (Å²) in [6.45, 7) is 4.17. The Bertz CT molecular complexity index is 651. The van der Waals surface area contributed by atoms with Crippen LogP contribution in [-0.4, -0.2) is 0 Å². The van der Waals surface area contributed by atoms with Gasteiger partial charge in [-0.25, -0.2) is 0 Å². The third-order valence-corrected chi connectivity index (χ3v) is 4.90. The number of rotatable bonds is 7. The first-order valence-electron chi connectivity index (χ1n) is 8.02. The van der Waals surface area contributed by atoms with Gasteiger partial charge in [-0.2, -0.15) is 0 Å². The van der Waals surface area contributed by atoms with Crippen LogP contribution in [0.1, 0.15) is 31.1 Å². The number of benzene rings is 2. The predicted molar refractivity (Wildman–Crippen MR) is 104 cm³/mol. The fraction of sp³-hybridized carbons (Fsp3) is 0.182. The summed E-state index contributed by atoms with van der Waals surface area (Å²) in [5.41, 5.74) is 2.66. The van der Waals surface area contributed by atoms with Gasteiger partial charge in [0, 0.05) is 10.1 Å². The Labute approximate surface area is 144 Å². The van der Waals surface area contributed by atoms with E-state index in [0.29, 0.717) is 5.25 Å². The molecule has 0 bridgehead atoms. The van der Waals surface area contributed by atoms with Crippen LogP contribution in [-0.2, 0) is 0 Å². The molecule has 2 aromatic carbocycles. The lowest BCUT2D eigenvalue weighted by Crippen LogP contribution is -1.92. The van der Waals surface area contributed by atoms with Gasteiger partial charge in [0.15, 0.2) is 0 Å². The van der Waals surface area contributed by atoms with Gasteiger partial charge in [0.2, 0.25) is 0 Å². The molecule has 0 amide bonds. The molecule has 0 radical (unpaired) electrons. The van der Waals surface area contributed by atoms with Crippen LogP contribution in [0, 0.1) is 0 Å². The quantitative estimate of drug-likeness (QED) is 0.391. The lowest BCUT2D eigenvalue weighted by molar-refractivity contribution is 0.968. The minimum atomic E-state index is 0.436. The maximum Gasteiger partial charge on any atom is 0.0379 e. The fourth-order valence-electron chi connectivity index (χ4n) is 2.17. The SMILES string of the molecule is C\C=C(C)/C=C\C=C/CC(Sc1ccccc1)c1ccccc1. The van der Waals surface area contributed by atoms with Gasteiger partial charge in [-0.05, 0) is 38.0 Å². The summed E-state index contributed by atoms with van der Waals surface area (Å²) < 4.78 is 0. The maximum absolute atomic E-state index is 2.26. The highest BCUT2D eigenvalue weighted by molar-refractivity contribution is 7.99. The summed E-state index contributed by atoms with van der Waals surface area (Å²) in [4.78, 5) is 1.31. The van der Waals surface area contributed by atoms with Crippen molar-refractivity contribution in [2.45, 2.75) is 30.4 Å². The second-order valence-corrected chi connectivity index (χ2v) is 6.66. The molecule has 23 heavy (non-hydrogen) atoms. The summed E-state index contributed by atoms with van der Waals surface area (Å²) in [5, 5.41) is 0.436. The highest BCUT2D eigenvalue weighted by Crippen LogP contribution is 2.37. The van der Waals surface area contributed by atoms with Crippen molar-refractivity contribution in [3.63, 3.8) is 0 Å². The molecule has 0 heterocycles. The van der Waals surface area contributed by atoms with E-state index in [1.807, 2.05) is 11.8 Å². The van der Waals surface area contributed by atoms with Gasteiger partial charge in [0.1, 0.15) is 0 Å². The molecule has 0 spiro atoms. The van der Waals surface area contributed by atoms with Gasteiger partial charge in [-0.1, -0.05) is 84.5 Å². The monoisotopic (exact) mass is 320 g/mol. The summed E-state index contributed by atoms with van der Waals surface area (Å²) in [5.74, 6) is 0. The molecule has 2 aromatic rings. The second kappa shape index (κ2) is 9.91. The minimum absolute atomic E-state index is 0.436. The molecule has 1 atom stereocenters. The molecule has 0 saturated heterocycles. The van der Waals surface area contributed by atoms with Crippen LogP contribution in [0.25, 0.3) is 0 Å². The number of thioether (sulfide) groups is 1. The van der Waals surface area contributed by atoms with Gasteiger partial charge in [0.25, 0.3) is 0 Å². The van der Waals surface area contributed by atoms with Crippen molar-refractivity contribution in [1.82, 2.24) is 0 Å². The molecular formula is C22H24S. The summed E-state index contributed by atoms with van der Waals surface area (Å²) >= 11 is 1.92. The maximum atomic E-state index is 2.26. The van der Waals surface area contributed by atoms with Crippen LogP contribution < -0.4 is 0 Å². The molecule has 0 nitrogen and oxygen atoms in total. The summed E-state index contributed by atoms with van der Waals surface area (Å²) in [6, 6.07) is 21.4. The highest BCUT2D eigenvalue weighted by atomic mass is 32.2. The zero-order valence-corrected chi connectivity index (χ0v) is 14.7. The Morgan fingerprint density at radius 2 is 1.61 bits per heavy atom. The third kappa shape index (κ3) is 6.33. The lowest BCUT2D eigenvalue weighted by Gasteiger charge is -2.15. The standard InChI is InChI=1S/C22H24S/c1-3-19(2)13-7-4-12-18-22(20-14-8-5-9-15-20)23-21-16-10-6-11-17-21/h3-17,22H,18H2,1-2H3/b12-4-,13-7-,19-3-. The van der Waals surface area contributed by atoms with E-state index in [1.54, 1.807) is 0 Å². The molecule has 0 aliphatic heterocycles.